The van der Waals surface area contributed by atoms with Gasteiger partial charge in [-0.05, 0) is 119 Å². The van der Waals surface area contributed by atoms with Crippen LogP contribution in [-0.2, 0) is 0 Å². The summed E-state index contributed by atoms with van der Waals surface area (Å²) in [6.45, 7) is 0. The fraction of sp³-hybridized carbons (Fsp3) is 0. The largest absolute Gasteiger partial charge is 0.134 e. The minimum atomic E-state index is 1.25. The second kappa shape index (κ2) is 11.7. The summed E-state index contributed by atoms with van der Waals surface area (Å²) in [4.78, 5) is 0. The molecule has 0 aliphatic heterocycles. The summed E-state index contributed by atoms with van der Waals surface area (Å²) in [7, 11) is 0. The van der Waals surface area contributed by atoms with E-state index < -0.39 is 0 Å². The molecule has 0 aliphatic carbocycles. The van der Waals surface area contributed by atoms with Gasteiger partial charge in [-0.2, -0.15) is 0 Å². The van der Waals surface area contributed by atoms with Crippen molar-refractivity contribution in [2.45, 2.75) is 0 Å². The minimum absolute atomic E-state index is 1.25. The molecule has 0 unspecified atom stereocenters. The molecular weight excluding hydrogens is 665 g/mol. The fourth-order valence-corrected chi connectivity index (χ4v) is 10.6. The topological polar surface area (TPSA) is 0 Å². The van der Waals surface area contributed by atoms with Crippen LogP contribution in [0.25, 0.3) is 106 Å². The van der Waals surface area contributed by atoms with Gasteiger partial charge < -0.3 is 0 Å². The van der Waals surface area contributed by atoms with E-state index in [9.17, 15) is 0 Å². The van der Waals surface area contributed by atoms with Gasteiger partial charge in [0.1, 0.15) is 0 Å². The minimum Gasteiger partial charge on any atom is -0.134 e. The van der Waals surface area contributed by atoms with Crippen molar-refractivity contribution in [2.75, 3.05) is 0 Å². The van der Waals surface area contributed by atoms with Crippen molar-refractivity contribution >= 4 is 84.6 Å². The number of hydrogen-bond donors (Lipinski definition) is 0. The van der Waals surface area contributed by atoms with Gasteiger partial charge >= 0.3 is 0 Å². The number of rotatable bonds is 4. The zero-order chi connectivity index (χ0) is 34.2. The molecule has 0 spiro atoms. The first kappa shape index (κ1) is 29.6. The van der Waals surface area contributed by atoms with Crippen LogP contribution in [0.1, 0.15) is 0 Å². The number of hydrogen-bond acceptors (Lipinski definition) is 2. The standard InChI is InChI=1S/C50H30S2/c1-2-6-31(7-3-1)35-16-17-38-26-39(19-18-37(38)25-35)42-20-22-45-47(29-42)51-50-46-23-21-43(30-48(46)52-49(45)50)41-15-12-33-11-14-40(27-44(33)28-41)36-13-10-32-8-4-5-9-34(32)24-36/h1-30H. The van der Waals surface area contributed by atoms with Crippen molar-refractivity contribution in [3.8, 4) is 44.5 Å². The van der Waals surface area contributed by atoms with Crippen LogP contribution in [0.2, 0.25) is 0 Å². The van der Waals surface area contributed by atoms with Gasteiger partial charge in [-0.25, -0.2) is 0 Å². The lowest BCUT2D eigenvalue weighted by molar-refractivity contribution is 1.64. The quantitative estimate of drug-likeness (QED) is 0.172. The first-order chi connectivity index (χ1) is 25.7. The van der Waals surface area contributed by atoms with Gasteiger partial charge in [0.15, 0.2) is 0 Å². The summed E-state index contributed by atoms with van der Waals surface area (Å²) < 4.78 is 5.48. The molecule has 0 amide bonds. The van der Waals surface area contributed by atoms with Gasteiger partial charge in [0, 0.05) is 20.2 Å². The highest BCUT2D eigenvalue weighted by atomic mass is 32.1. The maximum absolute atomic E-state index is 2.39. The Morgan fingerprint density at radius 2 is 0.577 bits per heavy atom. The van der Waals surface area contributed by atoms with Crippen LogP contribution in [0, 0.1) is 0 Å². The summed E-state index contributed by atoms with van der Waals surface area (Å²) >= 11 is 3.85. The summed E-state index contributed by atoms with van der Waals surface area (Å²) in [5, 5.41) is 10.3. The fourth-order valence-electron chi connectivity index (χ4n) is 7.83. The molecule has 0 fully saturated rings. The van der Waals surface area contributed by atoms with E-state index in [0.717, 1.165) is 0 Å². The van der Waals surface area contributed by atoms with Crippen LogP contribution < -0.4 is 0 Å². The smallest absolute Gasteiger partial charge is 0.0542 e. The molecule has 0 N–H and O–H groups in total. The summed E-state index contributed by atoms with van der Waals surface area (Å²) in [6.07, 6.45) is 0. The number of benzene rings is 9. The lowest BCUT2D eigenvalue weighted by atomic mass is 9.96. The van der Waals surface area contributed by atoms with Crippen molar-refractivity contribution in [1.29, 1.82) is 0 Å². The van der Waals surface area contributed by atoms with Gasteiger partial charge in [-0.3, -0.25) is 0 Å². The molecule has 11 rings (SSSR count). The monoisotopic (exact) mass is 694 g/mol. The molecule has 52 heavy (non-hydrogen) atoms. The Morgan fingerprint density at radius 3 is 1.10 bits per heavy atom. The predicted octanol–water partition coefficient (Wildman–Crippen LogP) is 15.4. The second-order valence-corrected chi connectivity index (χ2v) is 15.9. The Kier molecular flexibility index (Phi) is 6.70. The number of fused-ring (bicyclic) bond motifs is 8. The van der Waals surface area contributed by atoms with Crippen LogP contribution >= 0.6 is 22.7 Å². The van der Waals surface area contributed by atoms with E-state index in [1.165, 1.54) is 106 Å². The molecule has 11 aromatic rings. The molecule has 2 heteroatoms. The molecule has 0 aliphatic rings. The van der Waals surface area contributed by atoms with Crippen LogP contribution in [0.15, 0.2) is 182 Å². The molecular formula is C50H30S2. The van der Waals surface area contributed by atoms with E-state index in [2.05, 4.69) is 182 Å². The summed E-state index contributed by atoms with van der Waals surface area (Å²) in [6, 6.07) is 67.3. The van der Waals surface area contributed by atoms with Crippen molar-refractivity contribution in [3.63, 3.8) is 0 Å². The van der Waals surface area contributed by atoms with E-state index in [1.54, 1.807) is 0 Å². The Bertz CT molecular complexity index is 3180. The molecule has 9 aromatic carbocycles. The van der Waals surface area contributed by atoms with Crippen molar-refractivity contribution in [1.82, 2.24) is 0 Å². The highest BCUT2D eigenvalue weighted by molar-refractivity contribution is 7.36. The van der Waals surface area contributed by atoms with Crippen molar-refractivity contribution < 1.29 is 0 Å². The van der Waals surface area contributed by atoms with E-state index in [-0.39, 0.29) is 0 Å². The molecule has 2 aromatic heterocycles. The van der Waals surface area contributed by atoms with Crippen molar-refractivity contribution in [2.24, 2.45) is 0 Å². The Balaban J connectivity index is 0.919. The highest BCUT2D eigenvalue weighted by Gasteiger charge is 2.15. The van der Waals surface area contributed by atoms with E-state index >= 15 is 0 Å². The normalized spacial score (nSPS) is 11.8. The van der Waals surface area contributed by atoms with E-state index in [4.69, 9.17) is 0 Å². The molecule has 0 saturated carbocycles. The molecule has 0 atom stereocenters. The molecule has 0 bridgehead atoms. The predicted molar refractivity (Wildman–Crippen MR) is 229 cm³/mol. The number of thiophene rings is 2. The molecule has 2 heterocycles. The highest BCUT2D eigenvalue weighted by Crippen LogP contribution is 2.46. The van der Waals surface area contributed by atoms with E-state index in [1.807, 2.05) is 22.7 Å². The lowest BCUT2D eigenvalue weighted by Gasteiger charge is -2.08. The first-order valence-electron chi connectivity index (χ1n) is 17.7. The average molecular weight is 695 g/mol. The molecule has 0 saturated heterocycles. The molecule has 0 radical (unpaired) electrons. The lowest BCUT2D eigenvalue weighted by Crippen LogP contribution is -1.82. The Morgan fingerprint density at radius 1 is 0.231 bits per heavy atom. The van der Waals surface area contributed by atoms with Gasteiger partial charge in [-0.15, -0.1) is 22.7 Å². The SMILES string of the molecule is c1ccc(-c2ccc3cc(-c4ccc5c(c4)sc4c6ccc(-c7ccc8ccc(-c9ccc%10ccccc%10c9)cc8c7)cc6sc54)ccc3c2)cc1. The maximum Gasteiger partial charge on any atom is 0.0542 e. The molecule has 0 nitrogen and oxygen atoms in total. The summed E-state index contributed by atoms with van der Waals surface area (Å²) in [5.74, 6) is 0. The third-order valence-corrected chi connectivity index (χ3v) is 13.1. The van der Waals surface area contributed by atoms with Crippen molar-refractivity contribution in [3.05, 3.63) is 182 Å². The Hall–Kier alpha value is -6.06. The first-order valence-corrected chi connectivity index (χ1v) is 19.4. The third kappa shape index (κ3) is 4.95. The van der Waals surface area contributed by atoms with Crippen LogP contribution in [0.5, 0.6) is 0 Å². The second-order valence-electron chi connectivity index (χ2n) is 13.8. The van der Waals surface area contributed by atoms with Crippen LogP contribution in [0.4, 0.5) is 0 Å². The maximum atomic E-state index is 2.39. The van der Waals surface area contributed by atoms with Gasteiger partial charge in [0.05, 0.1) is 9.40 Å². The Labute approximate surface area is 309 Å². The summed E-state index contributed by atoms with van der Waals surface area (Å²) in [5.41, 5.74) is 10.0. The van der Waals surface area contributed by atoms with Gasteiger partial charge in [0.25, 0.3) is 0 Å². The average Bonchev–Trinajstić information content (AvgIpc) is 3.75. The van der Waals surface area contributed by atoms with Crippen LogP contribution in [-0.4, -0.2) is 0 Å². The van der Waals surface area contributed by atoms with Gasteiger partial charge in [0.2, 0.25) is 0 Å². The van der Waals surface area contributed by atoms with E-state index in [0.29, 0.717) is 0 Å². The molecule has 242 valence electrons. The van der Waals surface area contributed by atoms with Gasteiger partial charge in [-0.1, -0.05) is 140 Å². The third-order valence-electron chi connectivity index (χ3n) is 10.6. The zero-order valence-electron chi connectivity index (χ0n) is 28.1. The zero-order valence-corrected chi connectivity index (χ0v) is 29.8. The van der Waals surface area contributed by atoms with Crippen LogP contribution in [0.3, 0.4) is 0 Å².